The zero-order valence-electron chi connectivity index (χ0n) is 19.9. The smallest absolute Gasteiger partial charge is 0.253 e. The maximum absolute atomic E-state index is 13.0. The molecule has 0 atom stereocenters. The van der Waals surface area contributed by atoms with Gasteiger partial charge in [-0.05, 0) is 56.4 Å². The van der Waals surface area contributed by atoms with Crippen molar-refractivity contribution in [2.24, 2.45) is 4.99 Å². The second kappa shape index (κ2) is 8.95. The summed E-state index contributed by atoms with van der Waals surface area (Å²) in [6, 6.07) is 5.35. The van der Waals surface area contributed by atoms with E-state index in [9.17, 15) is 18.0 Å². The van der Waals surface area contributed by atoms with Crippen molar-refractivity contribution in [1.82, 2.24) is 24.5 Å². The Balaban J connectivity index is 1.39. The van der Waals surface area contributed by atoms with Crippen LogP contribution >= 0.6 is 0 Å². The summed E-state index contributed by atoms with van der Waals surface area (Å²) >= 11 is 0. The lowest BCUT2D eigenvalue weighted by Crippen LogP contribution is -2.50. The molecule has 0 saturated carbocycles. The van der Waals surface area contributed by atoms with Gasteiger partial charge in [0.1, 0.15) is 5.54 Å². The Bertz CT molecular complexity index is 1260. The molecule has 182 valence electrons. The fraction of sp³-hybridized carbons (Fsp3) is 0.478. The van der Waals surface area contributed by atoms with Crippen molar-refractivity contribution < 1.29 is 18.0 Å². The Labute approximate surface area is 199 Å². The summed E-state index contributed by atoms with van der Waals surface area (Å²) < 4.78 is 27.5. The number of piperidine rings is 1. The van der Waals surface area contributed by atoms with Crippen molar-refractivity contribution in [3.8, 4) is 0 Å². The number of aryl methyl sites for hydroxylation is 3. The van der Waals surface area contributed by atoms with Crippen LogP contribution in [-0.2, 0) is 21.2 Å². The molecule has 0 radical (unpaired) electrons. The molecular weight excluding hydrogens is 456 g/mol. The van der Waals surface area contributed by atoms with Crippen LogP contribution in [0.2, 0.25) is 0 Å². The lowest BCUT2D eigenvalue weighted by molar-refractivity contribution is -0.124. The van der Waals surface area contributed by atoms with E-state index >= 15 is 0 Å². The quantitative estimate of drug-likeness (QED) is 0.630. The topological polar surface area (TPSA) is 128 Å². The van der Waals surface area contributed by atoms with E-state index < -0.39 is 15.6 Å². The highest BCUT2D eigenvalue weighted by atomic mass is 32.2. The highest BCUT2D eigenvalue weighted by molar-refractivity contribution is 7.89. The molecule has 1 saturated heterocycles. The van der Waals surface area contributed by atoms with Gasteiger partial charge in [0.2, 0.25) is 10.0 Å². The van der Waals surface area contributed by atoms with E-state index in [4.69, 9.17) is 0 Å². The number of amides is 2. The number of rotatable bonds is 6. The Morgan fingerprint density at radius 1 is 1.21 bits per heavy atom. The fourth-order valence-electron chi connectivity index (χ4n) is 4.37. The average Bonchev–Trinajstić information content (AvgIpc) is 3.36. The van der Waals surface area contributed by atoms with E-state index in [2.05, 4.69) is 20.3 Å². The third-order valence-electron chi connectivity index (χ3n) is 6.48. The van der Waals surface area contributed by atoms with Crippen LogP contribution in [-0.4, -0.2) is 83.7 Å². The molecule has 0 bridgehead atoms. The molecule has 34 heavy (non-hydrogen) atoms. The lowest BCUT2D eigenvalue weighted by Gasteiger charge is -2.34. The highest BCUT2D eigenvalue weighted by Crippen LogP contribution is 2.32. The molecule has 1 aromatic heterocycles. The zero-order valence-corrected chi connectivity index (χ0v) is 20.7. The van der Waals surface area contributed by atoms with Crippen molar-refractivity contribution in [1.29, 1.82) is 0 Å². The molecule has 4 rings (SSSR count). The number of carbonyl (C=O) groups is 2. The first-order valence-electron chi connectivity index (χ1n) is 11.2. The monoisotopic (exact) mass is 486 g/mol. The molecule has 0 aliphatic carbocycles. The summed E-state index contributed by atoms with van der Waals surface area (Å²) in [5, 5.41) is 2.79. The van der Waals surface area contributed by atoms with Crippen LogP contribution < -0.4 is 5.32 Å². The van der Waals surface area contributed by atoms with Crippen LogP contribution in [0.15, 0.2) is 29.4 Å². The highest BCUT2D eigenvalue weighted by Gasteiger charge is 2.47. The summed E-state index contributed by atoms with van der Waals surface area (Å²) in [7, 11) is -0.116. The minimum absolute atomic E-state index is 0.0335. The number of benzene rings is 1. The van der Waals surface area contributed by atoms with Crippen molar-refractivity contribution in [2.75, 3.05) is 32.9 Å². The van der Waals surface area contributed by atoms with E-state index in [1.807, 2.05) is 19.9 Å². The van der Waals surface area contributed by atoms with E-state index in [-0.39, 0.29) is 30.7 Å². The third-order valence-corrected chi connectivity index (χ3v) is 8.35. The second-order valence-electron chi connectivity index (χ2n) is 9.14. The SMILES string of the molecule is Cc1c[nH]c(C2=NC3(CCN(S(=O)(=O)CCc4ccc(C(=O)N(C)C)cc4C)CC3)C(=O)N2)n1. The van der Waals surface area contributed by atoms with Gasteiger partial charge in [-0.15, -0.1) is 0 Å². The van der Waals surface area contributed by atoms with Gasteiger partial charge in [0.05, 0.1) is 11.4 Å². The number of aliphatic imine (C=N–C) groups is 1. The van der Waals surface area contributed by atoms with Gasteiger partial charge in [-0.3, -0.25) is 9.59 Å². The van der Waals surface area contributed by atoms with E-state index in [0.29, 0.717) is 36.5 Å². The average molecular weight is 487 g/mol. The van der Waals surface area contributed by atoms with E-state index in [0.717, 1.165) is 16.8 Å². The van der Waals surface area contributed by atoms with Crippen molar-refractivity contribution >= 4 is 27.7 Å². The van der Waals surface area contributed by atoms with Crippen LogP contribution in [0.5, 0.6) is 0 Å². The number of hydrogen-bond acceptors (Lipinski definition) is 6. The van der Waals surface area contributed by atoms with Gasteiger partial charge < -0.3 is 15.2 Å². The number of imidazole rings is 1. The van der Waals surface area contributed by atoms with E-state index in [1.165, 1.54) is 9.21 Å². The molecular formula is C23H30N6O4S. The molecule has 1 fully saturated rings. The van der Waals surface area contributed by atoms with Crippen LogP contribution in [0.3, 0.4) is 0 Å². The summed E-state index contributed by atoms with van der Waals surface area (Å²) in [4.78, 5) is 38.3. The van der Waals surface area contributed by atoms with Gasteiger partial charge in [-0.2, -0.15) is 0 Å². The molecule has 2 amide bonds. The first-order valence-corrected chi connectivity index (χ1v) is 12.8. The summed E-state index contributed by atoms with van der Waals surface area (Å²) in [6.07, 6.45) is 2.73. The van der Waals surface area contributed by atoms with Gasteiger partial charge >= 0.3 is 0 Å². The molecule has 1 spiro atoms. The summed E-state index contributed by atoms with van der Waals surface area (Å²) in [6.45, 7) is 4.20. The molecule has 3 heterocycles. The number of carbonyl (C=O) groups excluding carboxylic acids is 2. The van der Waals surface area contributed by atoms with Crippen molar-refractivity contribution in [3.05, 3.63) is 52.6 Å². The first kappa shape index (κ1) is 24.1. The second-order valence-corrected chi connectivity index (χ2v) is 11.2. The van der Waals surface area contributed by atoms with Crippen LogP contribution in [0.1, 0.15) is 45.8 Å². The molecule has 1 aromatic carbocycles. The molecule has 2 aliphatic rings. The molecule has 10 nitrogen and oxygen atoms in total. The standard InChI is InChI=1S/C23H30N6O4S/c1-15-13-18(21(30)28(3)4)6-5-17(15)7-12-34(32,33)29-10-8-23(9-11-29)22(31)26-20(27-23)19-24-14-16(2)25-19/h5-6,13-14H,7-12H2,1-4H3,(H,24,25)(H,26,27,31). The first-order chi connectivity index (χ1) is 16.0. The number of sulfonamides is 1. The number of aromatic nitrogens is 2. The van der Waals surface area contributed by atoms with Gasteiger partial charge in [0, 0.05) is 38.9 Å². The lowest BCUT2D eigenvalue weighted by atomic mass is 9.89. The van der Waals surface area contributed by atoms with Crippen LogP contribution in [0, 0.1) is 13.8 Å². The maximum Gasteiger partial charge on any atom is 0.253 e. The number of hydrogen-bond donors (Lipinski definition) is 2. The number of aromatic amines is 1. The minimum Gasteiger partial charge on any atom is -0.345 e. The normalized spacial score (nSPS) is 18.1. The Morgan fingerprint density at radius 2 is 1.91 bits per heavy atom. The number of H-pyrrole nitrogens is 1. The van der Waals surface area contributed by atoms with Crippen molar-refractivity contribution in [3.63, 3.8) is 0 Å². The van der Waals surface area contributed by atoms with Crippen LogP contribution in [0.4, 0.5) is 0 Å². The van der Waals surface area contributed by atoms with Gasteiger partial charge in [-0.25, -0.2) is 22.7 Å². The Morgan fingerprint density at radius 3 is 2.50 bits per heavy atom. The van der Waals surface area contributed by atoms with Gasteiger partial charge in [-0.1, -0.05) is 6.07 Å². The van der Waals surface area contributed by atoms with Gasteiger partial charge in [0.25, 0.3) is 11.8 Å². The third kappa shape index (κ3) is 4.62. The Hall–Kier alpha value is -3.05. The molecule has 0 unspecified atom stereocenters. The van der Waals surface area contributed by atoms with Gasteiger partial charge in [0.15, 0.2) is 11.7 Å². The summed E-state index contributed by atoms with van der Waals surface area (Å²) in [5.41, 5.74) is 2.20. The number of amidine groups is 1. The predicted molar refractivity (Wildman–Crippen MR) is 128 cm³/mol. The molecule has 2 N–H and O–H groups in total. The minimum atomic E-state index is -3.50. The molecule has 2 aliphatic heterocycles. The van der Waals surface area contributed by atoms with E-state index in [1.54, 1.807) is 32.4 Å². The molecule has 2 aromatic rings. The molecule has 11 heteroatoms. The van der Waals surface area contributed by atoms with Crippen molar-refractivity contribution in [2.45, 2.75) is 38.6 Å². The maximum atomic E-state index is 13.0. The predicted octanol–water partition coefficient (Wildman–Crippen LogP) is 1.01. The number of nitrogens with zero attached hydrogens (tertiary/aromatic N) is 4. The largest absolute Gasteiger partial charge is 0.345 e. The number of nitrogens with one attached hydrogen (secondary N) is 2. The Kier molecular flexibility index (Phi) is 6.34. The van der Waals surface area contributed by atoms with Crippen LogP contribution in [0.25, 0.3) is 0 Å². The zero-order chi connectivity index (χ0) is 24.7. The summed E-state index contributed by atoms with van der Waals surface area (Å²) in [5.74, 6) is 0.575. The fourth-order valence-corrected chi connectivity index (χ4v) is 5.85.